The molecule has 0 unspecified atom stereocenters. The maximum absolute atomic E-state index is 13.7. The highest BCUT2D eigenvalue weighted by atomic mass is 19.1. The van der Waals surface area contributed by atoms with E-state index in [0.717, 1.165) is 17.2 Å². The molecule has 1 heterocycles. The number of hydrogen-bond donors (Lipinski definition) is 0. The molecule has 0 spiro atoms. The summed E-state index contributed by atoms with van der Waals surface area (Å²) in [5, 5.41) is 12.4. The first-order chi connectivity index (χ1) is 11.8. The smallest absolute Gasteiger partial charge is 0.166 e. The van der Waals surface area contributed by atoms with E-state index in [1.165, 1.54) is 12.1 Å². The van der Waals surface area contributed by atoms with Gasteiger partial charge in [0.05, 0.1) is 17.8 Å². The van der Waals surface area contributed by atoms with E-state index in [1.807, 2.05) is 30.3 Å². The monoisotopic (exact) mass is 324 g/mol. The predicted octanol–water partition coefficient (Wildman–Crippen LogP) is 3.81. The lowest BCUT2D eigenvalue weighted by atomic mass is 10.1. The van der Waals surface area contributed by atoms with E-state index >= 15 is 0 Å². The molecule has 2 aromatic carbocycles. The van der Waals surface area contributed by atoms with Crippen molar-refractivity contribution in [1.82, 2.24) is 5.16 Å². The summed E-state index contributed by atoms with van der Waals surface area (Å²) in [6.07, 6.45) is 3.17. The normalized spacial score (nSPS) is 10.2. The molecule has 0 atom stereocenters. The third kappa shape index (κ3) is 3.70. The number of aromatic nitrogens is 1. The van der Waals surface area contributed by atoms with E-state index in [9.17, 15) is 4.39 Å². The molecule has 0 aliphatic carbocycles. The average molecular weight is 324 g/mol. The minimum atomic E-state index is -0.566. The number of ether oxygens (including phenoxy) is 2. The number of hydrogen-bond acceptors (Lipinski definition) is 5. The van der Waals surface area contributed by atoms with Gasteiger partial charge in [0.15, 0.2) is 11.6 Å². The second-order valence-electron chi connectivity index (χ2n) is 4.89. The van der Waals surface area contributed by atoms with Crippen LogP contribution in [-0.4, -0.2) is 18.4 Å². The van der Waals surface area contributed by atoms with E-state index in [0.29, 0.717) is 5.75 Å². The van der Waals surface area contributed by atoms with Crippen LogP contribution in [0.3, 0.4) is 0 Å². The number of nitriles is 1. The van der Waals surface area contributed by atoms with Crippen molar-refractivity contribution in [3.63, 3.8) is 0 Å². The van der Waals surface area contributed by atoms with Crippen LogP contribution in [0.2, 0.25) is 0 Å². The Hall–Kier alpha value is -3.33. The summed E-state index contributed by atoms with van der Waals surface area (Å²) in [6.45, 7) is 0.437. The van der Waals surface area contributed by atoms with Crippen molar-refractivity contribution in [2.24, 2.45) is 0 Å². The Morgan fingerprint density at radius 1 is 1.08 bits per heavy atom. The van der Waals surface area contributed by atoms with E-state index in [4.69, 9.17) is 19.3 Å². The molecule has 6 heteroatoms. The number of benzene rings is 2. The number of halogens is 1. The van der Waals surface area contributed by atoms with Crippen LogP contribution >= 0.6 is 0 Å². The molecule has 24 heavy (non-hydrogen) atoms. The molecule has 3 aromatic rings. The quantitative estimate of drug-likeness (QED) is 0.645. The van der Waals surface area contributed by atoms with Crippen molar-refractivity contribution >= 4 is 0 Å². The van der Waals surface area contributed by atoms with Crippen LogP contribution in [0.15, 0.2) is 59.4 Å². The summed E-state index contributed by atoms with van der Waals surface area (Å²) in [6, 6.07) is 13.4. The molecule has 0 radical (unpaired) electrons. The van der Waals surface area contributed by atoms with Gasteiger partial charge in [-0.2, -0.15) is 5.26 Å². The lowest BCUT2D eigenvalue weighted by Crippen LogP contribution is -2.09. The number of rotatable bonds is 6. The fourth-order valence-corrected chi connectivity index (χ4v) is 2.11. The van der Waals surface area contributed by atoms with Crippen molar-refractivity contribution in [2.45, 2.75) is 0 Å². The van der Waals surface area contributed by atoms with Gasteiger partial charge in [0.25, 0.3) is 0 Å². The van der Waals surface area contributed by atoms with Crippen molar-refractivity contribution in [3.8, 4) is 28.7 Å². The first kappa shape index (κ1) is 15.6. The van der Waals surface area contributed by atoms with Crippen LogP contribution in [0.4, 0.5) is 4.39 Å². The first-order valence-corrected chi connectivity index (χ1v) is 7.21. The minimum Gasteiger partial charge on any atom is -0.490 e. The zero-order valence-electron chi connectivity index (χ0n) is 12.6. The average Bonchev–Trinajstić information content (AvgIpc) is 3.14. The molecule has 120 valence electrons. The molecule has 0 saturated heterocycles. The Kier molecular flexibility index (Phi) is 4.73. The summed E-state index contributed by atoms with van der Waals surface area (Å²) in [5.74, 6) is 0.192. The molecule has 0 saturated carbocycles. The molecular weight excluding hydrogens is 311 g/mol. The maximum atomic E-state index is 13.7. The molecular formula is C18H13FN2O3. The second-order valence-corrected chi connectivity index (χ2v) is 4.89. The topological polar surface area (TPSA) is 68.3 Å². The predicted molar refractivity (Wildman–Crippen MR) is 84.0 cm³/mol. The van der Waals surface area contributed by atoms with Gasteiger partial charge >= 0.3 is 0 Å². The van der Waals surface area contributed by atoms with E-state index in [-0.39, 0.29) is 24.5 Å². The third-order valence-corrected chi connectivity index (χ3v) is 3.27. The van der Waals surface area contributed by atoms with Crippen molar-refractivity contribution < 1.29 is 18.4 Å². The van der Waals surface area contributed by atoms with Crippen LogP contribution in [0, 0.1) is 17.1 Å². The fourth-order valence-electron chi connectivity index (χ4n) is 2.11. The van der Waals surface area contributed by atoms with Gasteiger partial charge in [-0.25, -0.2) is 4.39 Å². The van der Waals surface area contributed by atoms with Crippen LogP contribution in [0.5, 0.6) is 11.5 Å². The summed E-state index contributed by atoms with van der Waals surface area (Å²) in [7, 11) is 0. The Morgan fingerprint density at radius 3 is 2.71 bits per heavy atom. The van der Waals surface area contributed by atoms with Crippen LogP contribution in [-0.2, 0) is 0 Å². The van der Waals surface area contributed by atoms with Gasteiger partial charge < -0.3 is 14.0 Å². The van der Waals surface area contributed by atoms with Crippen LogP contribution in [0.1, 0.15) is 5.56 Å². The molecule has 1 aromatic heterocycles. The van der Waals surface area contributed by atoms with Gasteiger partial charge in [-0.1, -0.05) is 17.3 Å². The Labute approximate surface area is 137 Å². The standard InChI is InChI=1S/C18H13FN2O3/c19-17-8-13(10-20)4-5-18(17)23-7-6-22-16-3-1-2-14(9-16)15-11-21-24-12-15/h1-5,8-9,11-12H,6-7H2. The second kappa shape index (κ2) is 7.29. The van der Waals surface area contributed by atoms with Gasteiger partial charge in [0.1, 0.15) is 25.2 Å². The summed E-state index contributed by atoms with van der Waals surface area (Å²) in [5.41, 5.74) is 2.03. The van der Waals surface area contributed by atoms with Gasteiger partial charge in [-0.3, -0.25) is 0 Å². The maximum Gasteiger partial charge on any atom is 0.166 e. The Balaban J connectivity index is 1.54. The highest BCUT2D eigenvalue weighted by molar-refractivity contribution is 5.62. The van der Waals surface area contributed by atoms with Gasteiger partial charge in [0, 0.05) is 5.56 Å². The van der Waals surface area contributed by atoms with Crippen molar-refractivity contribution in [3.05, 3.63) is 66.3 Å². The molecule has 0 fully saturated rings. The van der Waals surface area contributed by atoms with Crippen molar-refractivity contribution in [2.75, 3.05) is 13.2 Å². The van der Waals surface area contributed by atoms with E-state index < -0.39 is 5.82 Å². The lowest BCUT2D eigenvalue weighted by molar-refractivity contribution is 0.211. The highest BCUT2D eigenvalue weighted by Gasteiger charge is 2.05. The van der Waals surface area contributed by atoms with E-state index in [2.05, 4.69) is 5.16 Å². The van der Waals surface area contributed by atoms with Crippen LogP contribution < -0.4 is 9.47 Å². The molecule has 0 aliphatic heterocycles. The van der Waals surface area contributed by atoms with Crippen molar-refractivity contribution in [1.29, 1.82) is 5.26 Å². The van der Waals surface area contributed by atoms with Crippen LogP contribution in [0.25, 0.3) is 11.1 Å². The first-order valence-electron chi connectivity index (χ1n) is 7.21. The Morgan fingerprint density at radius 2 is 1.96 bits per heavy atom. The lowest BCUT2D eigenvalue weighted by Gasteiger charge is -2.09. The molecule has 0 bridgehead atoms. The molecule has 3 rings (SSSR count). The summed E-state index contributed by atoms with van der Waals surface area (Å²) < 4.78 is 29.4. The highest BCUT2D eigenvalue weighted by Crippen LogP contribution is 2.23. The zero-order chi connectivity index (χ0) is 16.8. The molecule has 5 nitrogen and oxygen atoms in total. The molecule has 0 N–H and O–H groups in total. The van der Waals surface area contributed by atoms with Gasteiger partial charge in [-0.15, -0.1) is 0 Å². The minimum absolute atomic E-state index is 0.0934. The molecule has 0 aliphatic rings. The summed E-state index contributed by atoms with van der Waals surface area (Å²) in [4.78, 5) is 0. The summed E-state index contributed by atoms with van der Waals surface area (Å²) >= 11 is 0. The zero-order valence-corrected chi connectivity index (χ0v) is 12.6. The number of nitrogens with zero attached hydrogens (tertiary/aromatic N) is 2. The fraction of sp³-hybridized carbons (Fsp3) is 0.111. The largest absolute Gasteiger partial charge is 0.490 e. The third-order valence-electron chi connectivity index (χ3n) is 3.27. The molecule has 0 amide bonds. The SMILES string of the molecule is N#Cc1ccc(OCCOc2cccc(-c3cnoc3)c2)c(F)c1. The van der Waals surface area contributed by atoms with Gasteiger partial charge in [-0.05, 0) is 35.9 Å². The van der Waals surface area contributed by atoms with E-state index in [1.54, 1.807) is 12.5 Å². The Bertz CT molecular complexity index is 857. The van der Waals surface area contributed by atoms with Gasteiger partial charge in [0.2, 0.25) is 0 Å².